The largest absolute Gasteiger partial charge is 0.378 e. The summed E-state index contributed by atoms with van der Waals surface area (Å²) in [5, 5.41) is 0. The number of Topliss-reactive ketones (excluding diaryl/α,β-unsaturated/α-hetero) is 1. The highest BCUT2D eigenvalue weighted by Gasteiger charge is 2.20. The van der Waals surface area contributed by atoms with E-state index in [9.17, 15) is 13.2 Å². The van der Waals surface area contributed by atoms with Crippen LogP contribution in [0.25, 0.3) is 0 Å². The highest BCUT2D eigenvalue weighted by Crippen LogP contribution is 2.24. The number of carbonyl (C=O) groups excluding carboxylic acids is 1. The Morgan fingerprint density at radius 1 is 1.10 bits per heavy atom. The van der Waals surface area contributed by atoms with Crippen LogP contribution in [-0.2, 0) is 10.1 Å². The molecule has 0 unspecified atom stereocenters. The number of aryl methyl sites for hydroxylation is 1. The van der Waals surface area contributed by atoms with Crippen LogP contribution in [0.5, 0.6) is 5.75 Å². The lowest BCUT2D eigenvalue weighted by atomic mass is 10.1. The average molecular weight is 325 g/mol. The first kappa shape index (κ1) is 15.5. The molecule has 6 heteroatoms. The molecule has 21 heavy (non-hydrogen) atoms. The molecule has 0 aliphatic heterocycles. The van der Waals surface area contributed by atoms with Crippen LogP contribution in [-0.4, -0.2) is 20.1 Å². The van der Waals surface area contributed by atoms with Gasteiger partial charge in [-0.3, -0.25) is 4.79 Å². The fourth-order valence-corrected chi connectivity index (χ4v) is 2.80. The third-order valence-corrected chi connectivity index (χ3v) is 4.31. The molecule has 0 saturated carbocycles. The molecule has 0 aliphatic carbocycles. The molecule has 0 heterocycles. The van der Waals surface area contributed by atoms with Crippen LogP contribution in [0.3, 0.4) is 0 Å². The predicted molar refractivity (Wildman–Crippen MR) is 80.5 cm³/mol. The molecule has 2 aromatic carbocycles. The standard InChI is InChI=1S/C15H13ClO4S/c1-11-6-8-12(9-7-11)21(18,19)20-15-5-3-2-4-13(15)14(17)10-16/h2-9H,10H2,1H3. The summed E-state index contributed by atoms with van der Waals surface area (Å²) >= 11 is 5.51. The number of halogens is 1. The second-order valence-electron chi connectivity index (χ2n) is 4.40. The fourth-order valence-electron chi connectivity index (χ4n) is 1.71. The van der Waals surface area contributed by atoms with E-state index in [4.69, 9.17) is 15.8 Å². The minimum absolute atomic E-state index is 0.0243. The zero-order valence-corrected chi connectivity index (χ0v) is 12.8. The molecule has 0 aromatic heterocycles. The summed E-state index contributed by atoms with van der Waals surface area (Å²) in [6, 6.07) is 12.4. The lowest BCUT2D eigenvalue weighted by Gasteiger charge is -2.10. The van der Waals surface area contributed by atoms with Gasteiger partial charge in [-0.1, -0.05) is 29.8 Å². The Bertz CT molecular complexity index is 751. The van der Waals surface area contributed by atoms with Crippen LogP contribution in [0.4, 0.5) is 0 Å². The highest BCUT2D eigenvalue weighted by atomic mass is 35.5. The number of para-hydroxylation sites is 1. The molecule has 2 rings (SSSR count). The van der Waals surface area contributed by atoms with Crippen LogP contribution in [0, 0.1) is 6.92 Å². The molecule has 0 bridgehead atoms. The van der Waals surface area contributed by atoms with Gasteiger partial charge in [-0.25, -0.2) is 0 Å². The van der Waals surface area contributed by atoms with Crippen LogP contribution in [0.15, 0.2) is 53.4 Å². The van der Waals surface area contributed by atoms with Crippen molar-refractivity contribution in [1.82, 2.24) is 0 Å². The normalized spacial score (nSPS) is 11.1. The summed E-state index contributed by atoms with van der Waals surface area (Å²) in [4.78, 5) is 11.7. The first-order chi connectivity index (χ1) is 9.94. The highest BCUT2D eigenvalue weighted by molar-refractivity contribution is 7.87. The van der Waals surface area contributed by atoms with Crippen LogP contribution < -0.4 is 4.18 Å². The number of hydrogen-bond donors (Lipinski definition) is 0. The van der Waals surface area contributed by atoms with Gasteiger partial charge in [-0.15, -0.1) is 11.6 Å². The average Bonchev–Trinajstić information content (AvgIpc) is 2.47. The van der Waals surface area contributed by atoms with Gasteiger partial charge in [0.1, 0.15) is 4.90 Å². The minimum Gasteiger partial charge on any atom is -0.378 e. The Hall–Kier alpha value is -1.85. The van der Waals surface area contributed by atoms with Crippen molar-refractivity contribution in [3.8, 4) is 5.75 Å². The zero-order valence-electron chi connectivity index (χ0n) is 11.2. The van der Waals surface area contributed by atoms with Crippen molar-refractivity contribution >= 4 is 27.5 Å². The number of alkyl halides is 1. The van der Waals surface area contributed by atoms with Crippen molar-refractivity contribution in [3.63, 3.8) is 0 Å². The van der Waals surface area contributed by atoms with E-state index in [1.165, 1.54) is 24.3 Å². The minimum atomic E-state index is -3.99. The van der Waals surface area contributed by atoms with E-state index >= 15 is 0 Å². The predicted octanol–water partition coefficient (Wildman–Crippen LogP) is 3.18. The van der Waals surface area contributed by atoms with Crippen molar-refractivity contribution in [2.75, 3.05) is 5.88 Å². The number of rotatable bonds is 5. The summed E-state index contributed by atoms with van der Waals surface area (Å²) in [7, 11) is -3.99. The molecule has 110 valence electrons. The second kappa shape index (κ2) is 6.28. The van der Waals surface area contributed by atoms with Gasteiger partial charge < -0.3 is 4.18 Å². The summed E-state index contributed by atoms with van der Waals surface area (Å²) in [5.41, 5.74) is 1.08. The van der Waals surface area contributed by atoms with Gasteiger partial charge in [0, 0.05) is 0 Å². The summed E-state index contributed by atoms with van der Waals surface area (Å²) in [6.45, 7) is 1.85. The van der Waals surface area contributed by atoms with Crippen molar-refractivity contribution in [1.29, 1.82) is 0 Å². The lowest BCUT2D eigenvalue weighted by Crippen LogP contribution is -2.13. The maximum atomic E-state index is 12.2. The smallest absolute Gasteiger partial charge is 0.339 e. The van der Waals surface area contributed by atoms with Gasteiger partial charge >= 0.3 is 10.1 Å². The molecule has 0 spiro atoms. The number of hydrogen-bond acceptors (Lipinski definition) is 4. The number of ketones is 1. The molecule has 0 aliphatic rings. The Kier molecular flexibility index (Phi) is 4.65. The molecule has 2 aromatic rings. The van der Waals surface area contributed by atoms with Gasteiger partial charge in [-0.2, -0.15) is 8.42 Å². The molecule has 0 saturated heterocycles. The summed E-state index contributed by atoms with van der Waals surface area (Å²) < 4.78 is 29.5. The second-order valence-corrected chi connectivity index (χ2v) is 6.22. The van der Waals surface area contributed by atoms with Crippen molar-refractivity contribution in [3.05, 3.63) is 59.7 Å². The van der Waals surface area contributed by atoms with Crippen LogP contribution in [0.2, 0.25) is 0 Å². The summed E-state index contributed by atoms with van der Waals surface area (Å²) in [5.74, 6) is -0.666. The van der Waals surface area contributed by atoms with Crippen molar-refractivity contribution in [2.24, 2.45) is 0 Å². The molecule has 0 fully saturated rings. The topological polar surface area (TPSA) is 60.4 Å². The van der Waals surface area contributed by atoms with Gasteiger partial charge in [0.05, 0.1) is 11.4 Å². The molecule has 0 amide bonds. The van der Waals surface area contributed by atoms with Gasteiger partial charge in [0.2, 0.25) is 0 Å². The quantitative estimate of drug-likeness (QED) is 0.481. The van der Waals surface area contributed by atoms with Crippen LogP contribution in [0.1, 0.15) is 15.9 Å². The van der Waals surface area contributed by atoms with E-state index in [1.54, 1.807) is 24.3 Å². The van der Waals surface area contributed by atoms with E-state index in [2.05, 4.69) is 0 Å². The SMILES string of the molecule is Cc1ccc(S(=O)(=O)Oc2ccccc2C(=O)CCl)cc1. The molecule has 4 nitrogen and oxygen atoms in total. The van der Waals surface area contributed by atoms with Crippen molar-refractivity contribution < 1.29 is 17.4 Å². The van der Waals surface area contributed by atoms with E-state index in [0.29, 0.717) is 0 Å². The van der Waals surface area contributed by atoms with E-state index in [-0.39, 0.29) is 22.1 Å². The van der Waals surface area contributed by atoms with Crippen LogP contribution >= 0.6 is 11.6 Å². The molecular formula is C15H13ClO4S. The van der Waals surface area contributed by atoms with Gasteiger partial charge in [-0.05, 0) is 31.2 Å². The maximum Gasteiger partial charge on any atom is 0.339 e. The third kappa shape index (κ3) is 3.62. The maximum absolute atomic E-state index is 12.2. The Morgan fingerprint density at radius 3 is 2.33 bits per heavy atom. The first-order valence-corrected chi connectivity index (χ1v) is 8.07. The van der Waals surface area contributed by atoms with Crippen molar-refractivity contribution in [2.45, 2.75) is 11.8 Å². The molecule has 0 atom stereocenters. The monoisotopic (exact) mass is 324 g/mol. The number of benzene rings is 2. The molecule has 0 N–H and O–H groups in total. The van der Waals surface area contributed by atoms with Gasteiger partial charge in [0.15, 0.2) is 11.5 Å². The van der Waals surface area contributed by atoms with E-state index in [1.807, 2.05) is 6.92 Å². The van der Waals surface area contributed by atoms with E-state index < -0.39 is 15.9 Å². The Balaban J connectivity index is 2.37. The van der Waals surface area contributed by atoms with E-state index in [0.717, 1.165) is 5.56 Å². The lowest BCUT2D eigenvalue weighted by molar-refractivity contribution is 0.101. The number of carbonyl (C=O) groups is 1. The Morgan fingerprint density at radius 2 is 1.71 bits per heavy atom. The summed E-state index contributed by atoms with van der Waals surface area (Å²) in [6.07, 6.45) is 0. The fraction of sp³-hybridized carbons (Fsp3) is 0.133. The zero-order chi connectivity index (χ0) is 15.5. The van der Waals surface area contributed by atoms with Gasteiger partial charge in [0.25, 0.3) is 0 Å². The first-order valence-electron chi connectivity index (χ1n) is 6.13. The third-order valence-electron chi connectivity index (χ3n) is 2.82. The molecular weight excluding hydrogens is 312 g/mol. The molecule has 0 radical (unpaired) electrons. The Labute approximate surface area is 128 Å².